The number of hydrogen-bond donors (Lipinski definition) is 1. The monoisotopic (exact) mass is 221 g/mol. The van der Waals surface area contributed by atoms with Crippen LogP contribution in [0.4, 0.5) is 4.39 Å². The fourth-order valence-corrected chi connectivity index (χ4v) is 1.28. The maximum Gasteiger partial charge on any atom is 0.243 e. The molecule has 0 spiro atoms. The highest BCUT2D eigenvalue weighted by atomic mass is 19.1. The molecule has 1 heterocycles. The van der Waals surface area contributed by atoms with Gasteiger partial charge >= 0.3 is 0 Å². The quantitative estimate of drug-likeness (QED) is 0.863. The molecule has 1 aromatic carbocycles. The number of halogens is 1. The summed E-state index contributed by atoms with van der Waals surface area (Å²) in [6.45, 7) is 1.94. The van der Waals surface area contributed by atoms with Crippen LogP contribution < -0.4 is 5.73 Å². The molecule has 4 nitrogen and oxygen atoms in total. The van der Waals surface area contributed by atoms with E-state index in [0.29, 0.717) is 17.3 Å². The third kappa shape index (κ3) is 2.09. The lowest BCUT2D eigenvalue weighted by Gasteiger charge is -1.99. The number of benzene rings is 1. The number of nitrogens with zero attached hydrogens (tertiary/aromatic N) is 2. The van der Waals surface area contributed by atoms with Crippen molar-refractivity contribution in [1.29, 1.82) is 0 Å². The number of aromatic nitrogens is 2. The van der Waals surface area contributed by atoms with Crippen LogP contribution >= 0.6 is 0 Å². The predicted molar refractivity (Wildman–Crippen MR) is 56.9 cm³/mol. The van der Waals surface area contributed by atoms with Crippen molar-refractivity contribution in [2.45, 2.75) is 19.4 Å². The first kappa shape index (κ1) is 10.8. The molecule has 1 aromatic heterocycles. The molecule has 0 saturated carbocycles. The molecule has 0 amide bonds. The van der Waals surface area contributed by atoms with Crippen molar-refractivity contribution in [3.8, 4) is 11.4 Å². The maximum absolute atomic E-state index is 12.7. The Labute approximate surface area is 92.3 Å². The molecule has 5 heteroatoms. The molecule has 0 aliphatic rings. The molecule has 2 aromatic rings. The van der Waals surface area contributed by atoms with Crippen molar-refractivity contribution in [3.05, 3.63) is 36.0 Å². The van der Waals surface area contributed by atoms with Gasteiger partial charge < -0.3 is 10.3 Å². The molecule has 84 valence electrons. The van der Waals surface area contributed by atoms with Crippen molar-refractivity contribution in [2.75, 3.05) is 0 Å². The summed E-state index contributed by atoms with van der Waals surface area (Å²) >= 11 is 0. The zero-order valence-corrected chi connectivity index (χ0v) is 8.85. The first-order chi connectivity index (χ1) is 7.70. The van der Waals surface area contributed by atoms with Gasteiger partial charge in [-0.3, -0.25) is 0 Å². The van der Waals surface area contributed by atoms with Crippen molar-refractivity contribution in [1.82, 2.24) is 10.1 Å². The van der Waals surface area contributed by atoms with Crippen molar-refractivity contribution >= 4 is 0 Å². The second-order valence-electron chi connectivity index (χ2n) is 3.48. The van der Waals surface area contributed by atoms with E-state index in [4.69, 9.17) is 10.3 Å². The summed E-state index contributed by atoms with van der Waals surface area (Å²) in [5.41, 5.74) is 6.46. The van der Waals surface area contributed by atoms with Gasteiger partial charge in [-0.2, -0.15) is 4.98 Å². The van der Waals surface area contributed by atoms with Crippen LogP contribution in [0.25, 0.3) is 11.4 Å². The smallest absolute Gasteiger partial charge is 0.243 e. The summed E-state index contributed by atoms with van der Waals surface area (Å²) in [5.74, 6) is 0.540. The Kier molecular flexibility index (Phi) is 2.96. The van der Waals surface area contributed by atoms with E-state index >= 15 is 0 Å². The Morgan fingerprint density at radius 2 is 2.06 bits per heavy atom. The van der Waals surface area contributed by atoms with Crippen LogP contribution in [0.3, 0.4) is 0 Å². The summed E-state index contributed by atoms with van der Waals surface area (Å²) < 4.78 is 17.7. The maximum atomic E-state index is 12.7. The lowest BCUT2D eigenvalue weighted by molar-refractivity contribution is 0.352. The average Bonchev–Trinajstić information content (AvgIpc) is 2.78. The van der Waals surface area contributed by atoms with E-state index in [2.05, 4.69) is 10.1 Å². The Balaban J connectivity index is 2.28. The van der Waals surface area contributed by atoms with Gasteiger partial charge in [0.2, 0.25) is 11.7 Å². The molecular formula is C11H12FN3O. The molecule has 16 heavy (non-hydrogen) atoms. The third-order valence-electron chi connectivity index (χ3n) is 2.30. The highest BCUT2D eigenvalue weighted by Gasteiger charge is 2.13. The molecule has 0 saturated heterocycles. The molecule has 0 aliphatic heterocycles. The van der Waals surface area contributed by atoms with Crippen molar-refractivity contribution in [3.63, 3.8) is 0 Å². The van der Waals surface area contributed by atoms with Crippen LogP contribution in [0.15, 0.2) is 28.8 Å². The van der Waals surface area contributed by atoms with E-state index in [-0.39, 0.29) is 11.9 Å². The van der Waals surface area contributed by atoms with Crippen LogP contribution in [-0.2, 0) is 0 Å². The van der Waals surface area contributed by atoms with Gasteiger partial charge in [-0.05, 0) is 30.7 Å². The third-order valence-corrected chi connectivity index (χ3v) is 2.30. The van der Waals surface area contributed by atoms with Gasteiger partial charge in [0.1, 0.15) is 5.82 Å². The van der Waals surface area contributed by atoms with Gasteiger partial charge in [0.25, 0.3) is 0 Å². The fourth-order valence-electron chi connectivity index (χ4n) is 1.28. The topological polar surface area (TPSA) is 64.9 Å². The zero-order chi connectivity index (χ0) is 11.5. The zero-order valence-electron chi connectivity index (χ0n) is 8.85. The number of rotatable bonds is 3. The first-order valence-electron chi connectivity index (χ1n) is 5.06. The fraction of sp³-hybridized carbons (Fsp3) is 0.273. The summed E-state index contributed by atoms with van der Waals surface area (Å²) in [4.78, 5) is 4.16. The number of nitrogens with two attached hydrogens (primary N) is 1. The van der Waals surface area contributed by atoms with Crippen molar-refractivity contribution in [2.24, 2.45) is 5.73 Å². The molecule has 0 unspecified atom stereocenters. The molecule has 2 N–H and O–H groups in total. The van der Waals surface area contributed by atoms with Gasteiger partial charge in [-0.25, -0.2) is 4.39 Å². The lowest BCUT2D eigenvalue weighted by Crippen LogP contribution is -2.08. The lowest BCUT2D eigenvalue weighted by atomic mass is 10.2. The molecule has 0 fully saturated rings. The summed E-state index contributed by atoms with van der Waals surface area (Å²) in [7, 11) is 0. The Bertz CT molecular complexity index is 466. The van der Waals surface area contributed by atoms with E-state index in [9.17, 15) is 4.39 Å². The van der Waals surface area contributed by atoms with Crippen LogP contribution in [0, 0.1) is 5.82 Å². The van der Waals surface area contributed by atoms with E-state index in [1.54, 1.807) is 12.1 Å². The molecule has 0 aliphatic carbocycles. The Morgan fingerprint density at radius 1 is 1.38 bits per heavy atom. The van der Waals surface area contributed by atoms with E-state index < -0.39 is 0 Å². The van der Waals surface area contributed by atoms with Gasteiger partial charge in [0, 0.05) is 5.56 Å². The minimum Gasteiger partial charge on any atom is -0.337 e. The van der Waals surface area contributed by atoms with Crippen LogP contribution in [0.5, 0.6) is 0 Å². The minimum absolute atomic E-state index is 0.248. The second kappa shape index (κ2) is 4.40. The Morgan fingerprint density at radius 3 is 2.69 bits per heavy atom. The van der Waals surface area contributed by atoms with Crippen LogP contribution in [-0.4, -0.2) is 10.1 Å². The van der Waals surface area contributed by atoms with Crippen molar-refractivity contribution < 1.29 is 8.91 Å². The minimum atomic E-state index is -0.294. The number of hydrogen-bond acceptors (Lipinski definition) is 4. The largest absolute Gasteiger partial charge is 0.337 e. The highest BCUT2D eigenvalue weighted by Crippen LogP contribution is 2.19. The van der Waals surface area contributed by atoms with E-state index in [1.165, 1.54) is 12.1 Å². The SMILES string of the molecule is CC[C@@H](N)c1nc(-c2ccc(F)cc2)no1. The molecule has 1 atom stereocenters. The molecule has 0 radical (unpaired) electrons. The summed E-state index contributed by atoms with van der Waals surface area (Å²) in [6, 6.07) is 5.65. The predicted octanol–water partition coefficient (Wildman–Crippen LogP) is 2.29. The summed E-state index contributed by atoms with van der Waals surface area (Å²) in [5, 5.41) is 3.80. The van der Waals surface area contributed by atoms with E-state index in [0.717, 1.165) is 6.42 Å². The standard InChI is InChI=1S/C11H12FN3O/c1-2-9(13)11-14-10(15-16-11)7-3-5-8(12)6-4-7/h3-6,9H,2,13H2,1H3/t9-/m1/s1. The van der Waals surface area contributed by atoms with Gasteiger partial charge in [-0.1, -0.05) is 12.1 Å². The molecular weight excluding hydrogens is 209 g/mol. The normalized spacial score (nSPS) is 12.7. The van der Waals surface area contributed by atoms with Gasteiger partial charge in [0.05, 0.1) is 6.04 Å². The summed E-state index contributed by atoms with van der Waals surface area (Å²) in [6.07, 6.45) is 0.727. The molecule has 0 bridgehead atoms. The van der Waals surface area contributed by atoms with Crippen LogP contribution in [0.2, 0.25) is 0 Å². The highest BCUT2D eigenvalue weighted by molar-refractivity contribution is 5.53. The first-order valence-corrected chi connectivity index (χ1v) is 5.06. The van der Waals surface area contributed by atoms with Gasteiger partial charge in [-0.15, -0.1) is 0 Å². The van der Waals surface area contributed by atoms with E-state index in [1.807, 2.05) is 6.92 Å². The second-order valence-corrected chi connectivity index (χ2v) is 3.48. The average molecular weight is 221 g/mol. The van der Waals surface area contributed by atoms with Crippen LogP contribution in [0.1, 0.15) is 25.3 Å². The Hall–Kier alpha value is -1.75. The molecule has 2 rings (SSSR count). The van der Waals surface area contributed by atoms with Gasteiger partial charge in [0.15, 0.2) is 0 Å².